The molecule has 0 aliphatic heterocycles. The zero-order valence-electron chi connectivity index (χ0n) is 13.4. The number of aromatic amines is 1. The van der Waals surface area contributed by atoms with Gasteiger partial charge in [0.1, 0.15) is 11.6 Å². The zero-order chi connectivity index (χ0) is 17.3. The Kier molecular flexibility index (Phi) is 4.24. The molecule has 24 heavy (non-hydrogen) atoms. The quantitative estimate of drug-likeness (QED) is 0.728. The van der Waals surface area contributed by atoms with Gasteiger partial charge in [-0.15, -0.1) is 0 Å². The van der Waals surface area contributed by atoms with Gasteiger partial charge in [0.25, 0.3) is 5.56 Å². The van der Waals surface area contributed by atoms with Crippen LogP contribution in [0.4, 0.5) is 0 Å². The van der Waals surface area contributed by atoms with Crippen molar-refractivity contribution in [2.24, 2.45) is 0 Å². The zero-order valence-corrected chi connectivity index (χ0v) is 14.1. The lowest BCUT2D eigenvalue weighted by molar-refractivity contribution is 1.21. The first-order valence-corrected chi connectivity index (χ1v) is 7.89. The molecule has 0 saturated heterocycles. The van der Waals surface area contributed by atoms with Gasteiger partial charge in [-0.3, -0.25) is 4.79 Å². The smallest absolute Gasteiger partial charge is 0.266 e. The molecule has 0 fully saturated rings. The van der Waals surface area contributed by atoms with E-state index in [4.69, 9.17) is 11.6 Å². The van der Waals surface area contributed by atoms with Crippen molar-refractivity contribution in [1.29, 1.82) is 5.26 Å². The predicted octanol–water partition coefficient (Wildman–Crippen LogP) is 4.85. The van der Waals surface area contributed by atoms with Gasteiger partial charge >= 0.3 is 0 Å². The van der Waals surface area contributed by atoms with Crippen molar-refractivity contribution >= 4 is 11.6 Å². The number of pyridine rings is 1. The molecule has 0 atom stereocenters. The van der Waals surface area contributed by atoms with E-state index in [1.165, 1.54) is 0 Å². The number of aromatic nitrogens is 1. The van der Waals surface area contributed by atoms with Crippen LogP contribution in [0.5, 0.6) is 0 Å². The van der Waals surface area contributed by atoms with Gasteiger partial charge in [-0.1, -0.05) is 47.5 Å². The molecule has 0 aliphatic carbocycles. The second kappa shape index (κ2) is 6.35. The Morgan fingerprint density at radius 2 is 1.75 bits per heavy atom. The fraction of sp³-hybridized carbons (Fsp3) is 0.100. The van der Waals surface area contributed by atoms with Crippen molar-refractivity contribution in [3.05, 3.63) is 80.6 Å². The van der Waals surface area contributed by atoms with Gasteiger partial charge in [-0.2, -0.15) is 5.26 Å². The maximum Gasteiger partial charge on any atom is 0.266 e. The Balaban J connectivity index is 2.33. The van der Waals surface area contributed by atoms with Crippen molar-refractivity contribution in [2.75, 3.05) is 0 Å². The SMILES string of the molecule is Cc1ccc(C)c(-c2cc(-c3ccccc3Cl)c(C#N)c(=O)[nH]2)c1. The Bertz CT molecular complexity index is 1030. The molecule has 0 saturated carbocycles. The first-order chi connectivity index (χ1) is 11.5. The molecule has 2 aromatic carbocycles. The van der Waals surface area contributed by atoms with E-state index >= 15 is 0 Å². The monoisotopic (exact) mass is 334 g/mol. The number of benzene rings is 2. The van der Waals surface area contributed by atoms with E-state index in [2.05, 4.69) is 4.98 Å². The molecular weight excluding hydrogens is 320 g/mol. The number of hydrogen-bond donors (Lipinski definition) is 1. The summed E-state index contributed by atoms with van der Waals surface area (Å²) in [4.78, 5) is 15.2. The lowest BCUT2D eigenvalue weighted by Gasteiger charge is -2.11. The van der Waals surface area contributed by atoms with Gasteiger partial charge in [0, 0.05) is 27.4 Å². The van der Waals surface area contributed by atoms with Gasteiger partial charge in [-0.25, -0.2) is 0 Å². The van der Waals surface area contributed by atoms with E-state index in [1.54, 1.807) is 6.07 Å². The van der Waals surface area contributed by atoms with Gasteiger partial charge in [0.15, 0.2) is 0 Å². The van der Waals surface area contributed by atoms with Crippen LogP contribution in [-0.2, 0) is 0 Å². The standard InChI is InChI=1S/C20H15ClN2O/c1-12-7-8-13(2)15(9-12)19-10-16(17(11-22)20(24)23-19)14-5-3-4-6-18(14)21/h3-10H,1-2H3,(H,23,24). The second-order valence-electron chi connectivity index (χ2n) is 5.71. The summed E-state index contributed by atoms with van der Waals surface area (Å²) in [6.07, 6.45) is 0. The number of rotatable bonds is 2. The number of hydrogen-bond acceptors (Lipinski definition) is 2. The van der Waals surface area contributed by atoms with Crippen LogP contribution in [0.15, 0.2) is 53.3 Å². The normalized spacial score (nSPS) is 10.4. The molecule has 3 aromatic rings. The van der Waals surface area contributed by atoms with Crippen LogP contribution >= 0.6 is 11.6 Å². The third kappa shape index (κ3) is 2.84. The fourth-order valence-electron chi connectivity index (χ4n) is 2.73. The maximum absolute atomic E-state index is 12.4. The van der Waals surface area contributed by atoms with Crippen LogP contribution in [0.3, 0.4) is 0 Å². The van der Waals surface area contributed by atoms with Crippen LogP contribution in [0, 0.1) is 25.2 Å². The molecule has 118 valence electrons. The Hall–Kier alpha value is -2.83. The van der Waals surface area contributed by atoms with Crippen LogP contribution in [0.25, 0.3) is 22.4 Å². The highest BCUT2D eigenvalue weighted by molar-refractivity contribution is 6.33. The molecule has 0 unspecified atom stereocenters. The lowest BCUT2D eigenvalue weighted by atomic mass is 9.96. The highest BCUT2D eigenvalue weighted by Crippen LogP contribution is 2.32. The largest absolute Gasteiger partial charge is 0.321 e. The van der Waals surface area contributed by atoms with Gasteiger partial charge in [0.2, 0.25) is 0 Å². The van der Waals surface area contributed by atoms with Crippen molar-refractivity contribution in [3.63, 3.8) is 0 Å². The highest BCUT2D eigenvalue weighted by atomic mass is 35.5. The molecule has 0 spiro atoms. The van der Waals surface area contributed by atoms with Crippen LogP contribution in [0.2, 0.25) is 5.02 Å². The molecule has 3 rings (SSSR count). The first-order valence-electron chi connectivity index (χ1n) is 7.51. The Morgan fingerprint density at radius 1 is 1.00 bits per heavy atom. The summed E-state index contributed by atoms with van der Waals surface area (Å²) in [5.74, 6) is 0. The topological polar surface area (TPSA) is 56.6 Å². The number of aryl methyl sites for hydroxylation is 2. The minimum Gasteiger partial charge on any atom is -0.321 e. The van der Waals surface area contributed by atoms with E-state index < -0.39 is 5.56 Å². The minimum atomic E-state index is -0.411. The van der Waals surface area contributed by atoms with E-state index in [-0.39, 0.29) is 5.56 Å². The van der Waals surface area contributed by atoms with Crippen LogP contribution in [0.1, 0.15) is 16.7 Å². The molecule has 4 heteroatoms. The molecule has 0 amide bonds. The summed E-state index contributed by atoms with van der Waals surface area (Å²) < 4.78 is 0. The minimum absolute atomic E-state index is 0.0668. The van der Waals surface area contributed by atoms with E-state index in [0.29, 0.717) is 21.8 Å². The average molecular weight is 335 g/mol. The molecule has 3 nitrogen and oxygen atoms in total. The second-order valence-corrected chi connectivity index (χ2v) is 6.12. The molecular formula is C20H15ClN2O. The molecule has 0 radical (unpaired) electrons. The van der Waals surface area contributed by atoms with Gasteiger partial charge in [0.05, 0.1) is 0 Å². The molecule has 1 aromatic heterocycles. The van der Waals surface area contributed by atoms with E-state index in [1.807, 2.05) is 62.4 Å². The van der Waals surface area contributed by atoms with Gasteiger partial charge < -0.3 is 4.98 Å². The van der Waals surface area contributed by atoms with Gasteiger partial charge in [-0.05, 0) is 37.6 Å². The molecule has 0 aliphatic rings. The maximum atomic E-state index is 12.4. The number of nitrogens with one attached hydrogen (secondary N) is 1. The van der Waals surface area contributed by atoms with Crippen molar-refractivity contribution in [1.82, 2.24) is 4.98 Å². The summed E-state index contributed by atoms with van der Waals surface area (Å²) in [5, 5.41) is 9.90. The lowest BCUT2D eigenvalue weighted by Crippen LogP contribution is -2.13. The van der Waals surface area contributed by atoms with Crippen molar-refractivity contribution in [2.45, 2.75) is 13.8 Å². The summed E-state index contributed by atoms with van der Waals surface area (Å²) in [7, 11) is 0. The highest BCUT2D eigenvalue weighted by Gasteiger charge is 2.15. The summed E-state index contributed by atoms with van der Waals surface area (Å²) in [5.41, 5.74) is 4.63. The number of H-pyrrole nitrogens is 1. The van der Waals surface area contributed by atoms with Crippen LogP contribution in [-0.4, -0.2) is 4.98 Å². The third-order valence-corrected chi connectivity index (χ3v) is 4.32. The number of nitrogens with zero attached hydrogens (tertiary/aromatic N) is 1. The average Bonchev–Trinajstić information content (AvgIpc) is 2.57. The first kappa shape index (κ1) is 16.0. The van der Waals surface area contributed by atoms with E-state index in [9.17, 15) is 10.1 Å². The molecule has 1 N–H and O–H groups in total. The fourth-order valence-corrected chi connectivity index (χ4v) is 2.97. The predicted molar refractivity (Wildman–Crippen MR) is 97.1 cm³/mol. The summed E-state index contributed by atoms with van der Waals surface area (Å²) in [6.45, 7) is 3.99. The Labute approximate surface area is 145 Å². The van der Waals surface area contributed by atoms with Crippen molar-refractivity contribution < 1.29 is 0 Å². The number of nitriles is 1. The Morgan fingerprint density at radius 3 is 2.46 bits per heavy atom. The summed E-state index contributed by atoms with van der Waals surface area (Å²) in [6, 6.07) is 17.1. The van der Waals surface area contributed by atoms with Crippen LogP contribution < -0.4 is 5.56 Å². The summed E-state index contributed by atoms with van der Waals surface area (Å²) >= 11 is 6.27. The van der Waals surface area contributed by atoms with Crippen molar-refractivity contribution in [3.8, 4) is 28.5 Å². The molecule has 0 bridgehead atoms. The molecule has 1 heterocycles. The third-order valence-electron chi connectivity index (χ3n) is 3.99. The van der Waals surface area contributed by atoms with E-state index in [0.717, 1.165) is 16.7 Å². The number of halogens is 1.